The third-order valence-corrected chi connectivity index (χ3v) is 14.0. The summed E-state index contributed by atoms with van der Waals surface area (Å²) >= 11 is 0. The summed E-state index contributed by atoms with van der Waals surface area (Å²) in [5.41, 5.74) is 0. The third kappa shape index (κ3) is 59.7. The lowest BCUT2D eigenvalue weighted by Crippen LogP contribution is -2.30. The van der Waals surface area contributed by atoms with Crippen LogP contribution >= 0.6 is 0 Å². The zero-order chi connectivity index (χ0) is 53.6. The van der Waals surface area contributed by atoms with Crippen LogP contribution in [0.5, 0.6) is 0 Å². The first kappa shape index (κ1) is 70.8. The van der Waals surface area contributed by atoms with Gasteiger partial charge >= 0.3 is 17.9 Å². The Morgan fingerprint density at radius 2 is 0.527 bits per heavy atom. The molecule has 0 radical (unpaired) electrons. The van der Waals surface area contributed by atoms with Gasteiger partial charge in [0.25, 0.3) is 0 Å². The number of esters is 3. The van der Waals surface area contributed by atoms with E-state index in [0.717, 1.165) is 77.0 Å². The highest BCUT2D eigenvalue weighted by Gasteiger charge is 2.19. The van der Waals surface area contributed by atoms with Crippen LogP contribution in [0.4, 0.5) is 0 Å². The van der Waals surface area contributed by atoms with Crippen molar-refractivity contribution in [2.45, 2.75) is 329 Å². The third-order valence-electron chi connectivity index (χ3n) is 14.0. The van der Waals surface area contributed by atoms with E-state index in [-0.39, 0.29) is 37.5 Å². The van der Waals surface area contributed by atoms with Gasteiger partial charge in [0.2, 0.25) is 0 Å². The molecule has 0 aliphatic heterocycles. The zero-order valence-electron chi connectivity index (χ0n) is 49.1. The maximum Gasteiger partial charge on any atom is 0.306 e. The molecule has 0 saturated heterocycles. The molecule has 0 rings (SSSR count). The normalized spacial score (nSPS) is 12.5. The molecule has 0 bridgehead atoms. The van der Waals surface area contributed by atoms with E-state index in [1.54, 1.807) is 0 Å². The van der Waals surface area contributed by atoms with E-state index in [2.05, 4.69) is 87.6 Å². The second-order valence-electron chi connectivity index (χ2n) is 21.3. The van der Waals surface area contributed by atoms with Crippen molar-refractivity contribution in [1.29, 1.82) is 0 Å². The summed E-state index contributed by atoms with van der Waals surface area (Å²) in [6.45, 7) is 6.51. The lowest BCUT2D eigenvalue weighted by atomic mass is 10.0. The summed E-state index contributed by atoms with van der Waals surface area (Å²) in [5.74, 6) is -0.968. The number of rotatable bonds is 58. The van der Waals surface area contributed by atoms with Gasteiger partial charge in [0.15, 0.2) is 6.10 Å². The van der Waals surface area contributed by atoms with Gasteiger partial charge in [0.1, 0.15) is 13.2 Å². The fourth-order valence-corrected chi connectivity index (χ4v) is 9.24. The molecule has 0 aromatic heterocycles. The van der Waals surface area contributed by atoms with E-state index in [0.29, 0.717) is 19.3 Å². The fraction of sp³-hybridized carbons (Fsp3) is 0.779. The van der Waals surface area contributed by atoms with Gasteiger partial charge in [-0.2, -0.15) is 0 Å². The molecule has 6 heteroatoms. The van der Waals surface area contributed by atoms with Crippen molar-refractivity contribution < 1.29 is 28.6 Å². The molecule has 1 atom stereocenters. The van der Waals surface area contributed by atoms with E-state index in [9.17, 15) is 14.4 Å². The maximum atomic E-state index is 12.9. The fourth-order valence-electron chi connectivity index (χ4n) is 9.24. The van der Waals surface area contributed by atoms with Crippen LogP contribution in [-0.2, 0) is 28.6 Å². The van der Waals surface area contributed by atoms with Crippen molar-refractivity contribution in [3.8, 4) is 0 Å². The van der Waals surface area contributed by atoms with E-state index in [1.165, 1.54) is 199 Å². The van der Waals surface area contributed by atoms with Gasteiger partial charge in [0, 0.05) is 19.3 Å². The van der Waals surface area contributed by atoms with Crippen molar-refractivity contribution in [1.82, 2.24) is 0 Å². The molecule has 0 amide bonds. The Morgan fingerprint density at radius 1 is 0.284 bits per heavy atom. The molecule has 0 aliphatic rings. The molecule has 0 spiro atoms. The number of carbonyl (C=O) groups excluding carboxylic acids is 3. The second-order valence-corrected chi connectivity index (χ2v) is 21.3. The standard InChI is InChI=1S/C68H120O6/c1-4-7-10-13-16-19-22-25-28-30-32-33-34-36-37-40-43-46-49-52-55-58-61-67(70)73-64-65(63-72-66(69)60-57-54-51-48-45-42-39-27-24-21-18-15-12-9-6-3)74-68(71)62-59-56-53-50-47-44-41-38-35-31-29-26-23-20-17-14-11-8-5-2/h8,11,17,20,26,29,35,38,44,47,53,56,65H,4-7,9-10,12-16,18-19,21-25,27-28,30-34,36-37,39-43,45-46,48-52,54-55,57-64H2,1-3H3/b11-8-,20-17-,29-26-,38-35-,47-44-,56-53-. The van der Waals surface area contributed by atoms with Crippen molar-refractivity contribution in [2.24, 2.45) is 0 Å². The number of hydrogen-bond donors (Lipinski definition) is 0. The van der Waals surface area contributed by atoms with Crippen LogP contribution in [0.25, 0.3) is 0 Å². The molecular formula is C68H120O6. The number of unbranched alkanes of at least 4 members (excludes halogenated alkanes) is 35. The number of ether oxygens (including phenoxy) is 3. The molecular weight excluding hydrogens is 913 g/mol. The van der Waals surface area contributed by atoms with Crippen LogP contribution < -0.4 is 0 Å². The van der Waals surface area contributed by atoms with Gasteiger partial charge < -0.3 is 14.2 Å². The molecule has 6 nitrogen and oxygen atoms in total. The minimum absolute atomic E-state index is 0.101. The molecule has 0 N–H and O–H groups in total. The Labute approximate surface area is 459 Å². The van der Waals surface area contributed by atoms with Gasteiger partial charge in [-0.1, -0.05) is 318 Å². The minimum Gasteiger partial charge on any atom is -0.462 e. The summed E-state index contributed by atoms with van der Waals surface area (Å²) in [4.78, 5) is 38.3. The minimum atomic E-state index is -0.814. The molecule has 0 heterocycles. The van der Waals surface area contributed by atoms with Gasteiger partial charge in [-0.15, -0.1) is 0 Å². The molecule has 74 heavy (non-hydrogen) atoms. The largest absolute Gasteiger partial charge is 0.462 e. The van der Waals surface area contributed by atoms with Crippen LogP contribution in [0.15, 0.2) is 72.9 Å². The molecule has 0 saturated carbocycles. The Balaban J connectivity index is 4.41. The van der Waals surface area contributed by atoms with Gasteiger partial charge in [-0.05, 0) is 57.8 Å². The highest BCUT2D eigenvalue weighted by atomic mass is 16.6. The van der Waals surface area contributed by atoms with Crippen molar-refractivity contribution in [2.75, 3.05) is 13.2 Å². The molecule has 0 fully saturated rings. The maximum absolute atomic E-state index is 12.9. The predicted molar refractivity (Wildman–Crippen MR) is 321 cm³/mol. The van der Waals surface area contributed by atoms with Gasteiger partial charge in [-0.25, -0.2) is 0 Å². The van der Waals surface area contributed by atoms with Crippen LogP contribution in [0.2, 0.25) is 0 Å². The molecule has 0 aromatic rings. The Morgan fingerprint density at radius 3 is 0.797 bits per heavy atom. The molecule has 0 aromatic carbocycles. The summed E-state index contributed by atoms with van der Waals surface area (Å²) < 4.78 is 16.9. The van der Waals surface area contributed by atoms with E-state index >= 15 is 0 Å². The second kappa shape index (κ2) is 62.4. The van der Waals surface area contributed by atoms with Gasteiger partial charge in [-0.3, -0.25) is 14.4 Å². The van der Waals surface area contributed by atoms with Crippen LogP contribution in [0.3, 0.4) is 0 Å². The highest BCUT2D eigenvalue weighted by molar-refractivity contribution is 5.71. The number of carbonyl (C=O) groups is 3. The quantitative estimate of drug-likeness (QED) is 0.0261. The predicted octanol–water partition coefficient (Wildman–Crippen LogP) is 21.7. The van der Waals surface area contributed by atoms with Crippen LogP contribution in [0, 0.1) is 0 Å². The molecule has 0 aliphatic carbocycles. The van der Waals surface area contributed by atoms with Crippen molar-refractivity contribution in [3.05, 3.63) is 72.9 Å². The SMILES string of the molecule is CC/C=C\C/C=C\C/C=C\C/C=C\C/C=C\C/C=C\CCC(=O)OC(COC(=O)CCCCCCCCCCCCCCCCC)COC(=O)CCCCCCCCCCCCCCCCCCCCCCCC. The number of hydrogen-bond acceptors (Lipinski definition) is 6. The first-order chi connectivity index (χ1) is 36.5. The van der Waals surface area contributed by atoms with Gasteiger partial charge in [0.05, 0.1) is 0 Å². The first-order valence-electron chi connectivity index (χ1n) is 31.9. The van der Waals surface area contributed by atoms with E-state index in [4.69, 9.17) is 14.2 Å². The van der Waals surface area contributed by atoms with E-state index < -0.39 is 6.10 Å². The lowest BCUT2D eigenvalue weighted by molar-refractivity contribution is -0.166. The van der Waals surface area contributed by atoms with E-state index in [1.807, 2.05) is 6.08 Å². The zero-order valence-corrected chi connectivity index (χ0v) is 49.1. The van der Waals surface area contributed by atoms with Crippen LogP contribution in [0.1, 0.15) is 323 Å². The van der Waals surface area contributed by atoms with Crippen molar-refractivity contribution in [3.63, 3.8) is 0 Å². The summed E-state index contributed by atoms with van der Waals surface area (Å²) in [7, 11) is 0. The summed E-state index contributed by atoms with van der Waals surface area (Å²) in [5, 5.41) is 0. The first-order valence-corrected chi connectivity index (χ1v) is 31.9. The molecule has 428 valence electrons. The highest BCUT2D eigenvalue weighted by Crippen LogP contribution is 2.17. The monoisotopic (exact) mass is 1030 g/mol. The lowest BCUT2D eigenvalue weighted by Gasteiger charge is -2.18. The molecule has 1 unspecified atom stereocenters. The Kier molecular flexibility index (Phi) is 59.7. The van der Waals surface area contributed by atoms with Crippen molar-refractivity contribution >= 4 is 17.9 Å². The average Bonchev–Trinajstić information content (AvgIpc) is 3.40. The smallest absolute Gasteiger partial charge is 0.306 e. The average molecular weight is 1030 g/mol. The summed E-state index contributed by atoms with van der Waals surface area (Å²) in [6.07, 6.45) is 80.7. The Hall–Kier alpha value is -3.15. The topological polar surface area (TPSA) is 78.9 Å². The number of allylic oxidation sites excluding steroid dienone is 12. The Bertz CT molecular complexity index is 1370. The van der Waals surface area contributed by atoms with Crippen LogP contribution in [-0.4, -0.2) is 37.2 Å². The summed E-state index contributed by atoms with van der Waals surface area (Å²) in [6, 6.07) is 0.